The van der Waals surface area contributed by atoms with E-state index in [0.717, 1.165) is 32.1 Å². The lowest BCUT2D eigenvalue weighted by atomic mass is 9.96. The van der Waals surface area contributed by atoms with Gasteiger partial charge in [-0.15, -0.1) is 0 Å². The first kappa shape index (κ1) is 8.72. The number of carbonyl (C=O) groups excluding carboxylic acids is 1. The monoisotopic (exact) mass is 155 g/mol. The van der Waals surface area contributed by atoms with E-state index >= 15 is 0 Å². The van der Waals surface area contributed by atoms with Crippen LogP contribution in [-0.2, 0) is 4.79 Å². The lowest BCUT2D eigenvalue weighted by molar-refractivity contribution is -0.123. The Morgan fingerprint density at radius 2 is 2.27 bits per heavy atom. The first-order valence-corrected chi connectivity index (χ1v) is 4.54. The van der Waals surface area contributed by atoms with Crippen molar-refractivity contribution < 1.29 is 4.79 Å². The molecule has 0 saturated heterocycles. The molecule has 64 valence electrons. The molecule has 0 radical (unpaired) electrons. The number of hydrogen-bond acceptors (Lipinski definition) is 2. The fourth-order valence-electron chi connectivity index (χ4n) is 1.82. The Hall–Kier alpha value is -0.370. The van der Waals surface area contributed by atoms with Crippen LogP contribution in [0.25, 0.3) is 0 Å². The lowest BCUT2D eigenvalue weighted by Gasteiger charge is -2.12. The van der Waals surface area contributed by atoms with Gasteiger partial charge in [-0.25, -0.2) is 0 Å². The number of ketones is 1. The van der Waals surface area contributed by atoms with E-state index in [4.69, 9.17) is 5.73 Å². The number of nitrogens with two attached hydrogens (primary N) is 1. The van der Waals surface area contributed by atoms with E-state index < -0.39 is 0 Å². The minimum Gasteiger partial charge on any atom is -0.327 e. The average molecular weight is 155 g/mol. The van der Waals surface area contributed by atoms with Crippen molar-refractivity contribution in [2.75, 3.05) is 0 Å². The van der Waals surface area contributed by atoms with Crippen LogP contribution in [0.5, 0.6) is 0 Å². The fraction of sp³-hybridized carbons (Fsp3) is 0.889. The second kappa shape index (κ2) is 3.86. The highest BCUT2D eigenvalue weighted by molar-refractivity contribution is 5.81. The van der Waals surface area contributed by atoms with Crippen molar-refractivity contribution in [1.29, 1.82) is 0 Å². The van der Waals surface area contributed by atoms with Crippen molar-refractivity contribution in [3.05, 3.63) is 0 Å². The summed E-state index contributed by atoms with van der Waals surface area (Å²) in [4.78, 5) is 11.4. The summed E-state index contributed by atoms with van der Waals surface area (Å²) in [7, 11) is 0. The lowest BCUT2D eigenvalue weighted by Crippen LogP contribution is -2.30. The van der Waals surface area contributed by atoms with Crippen LogP contribution in [0.15, 0.2) is 0 Å². The molecule has 2 heteroatoms. The number of Topliss-reactive ketones (excluding diaryl/α,β-unsaturated/α-hetero) is 1. The van der Waals surface area contributed by atoms with Gasteiger partial charge in [-0.05, 0) is 19.3 Å². The van der Waals surface area contributed by atoms with Gasteiger partial charge in [0.05, 0.1) is 0 Å². The molecule has 1 aliphatic rings. The molecule has 2 nitrogen and oxygen atoms in total. The van der Waals surface area contributed by atoms with Gasteiger partial charge >= 0.3 is 0 Å². The van der Waals surface area contributed by atoms with Crippen molar-refractivity contribution in [3.8, 4) is 0 Å². The molecule has 11 heavy (non-hydrogen) atoms. The average Bonchev–Trinajstić information content (AvgIpc) is 2.36. The highest BCUT2D eigenvalue weighted by Crippen LogP contribution is 2.25. The molecule has 1 aliphatic carbocycles. The van der Waals surface area contributed by atoms with E-state index in [9.17, 15) is 4.79 Å². The van der Waals surface area contributed by atoms with Crippen molar-refractivity contribution >= 4 is 5.78 Å². The number of hydrogen-bond donors (Lipinski definition) is 1. The second-order valence-corrected chi connectivity index (χ2v) is 3.42. The third-order valence-electron chi connectivity index (χ3n) is 2.48. The predicted octanol–water partition coefficient (Wildman–Crippen LogP) is 1.48. The van der Waals surface area contributed by atoms with Gasteiger partial charge in [-0.2, -0.15) is 0 Å². The summed E-state index contributed by atoms with van der Waals surface area (Å²) >= 11 is 0. The summed E-state index contributed by atoms with van der Waals surface area (Å²) in [6.45, 7) is 2.04. The topological polar surface area (TPSA) is 43.1 Å². The quantitative estimate of drug-likeness (QED) is 0.671. The maximum Gasteiger partial charge on any atom is 0.137 e. The number of carbonyl (C=O) groups is 1. The Morgan fingerprint density at radius 1 is 1.55 bits per heavy atom. The standard InChI is InChI=1S/C9H17NO/c1-2-4-9(11)7-5-3-6-8(7)10/h7-8H,2-6,10H2,1H3. The Labute approximate surface area is 68.2 Å². The van der Waals surface area contributed by atoms with Crippen molar-refractivity contribution in [3.63, 3.8) is 0 Å². The summed E-state index contributed by atoms with van der Waals surface area (Å²) in [5.74, 6) is 0.576. The minimum absolute atomic E-state index is 0.161. The predicted molar refractivity (Wildman–Crippen MR) is 45.2 cm³/mol. The summed E-state index contributed by atoms with van der Waals surface area (Å²) in [5, 5.41) is 0. The molecule has 0 spiro atoms. The molecular formula is C9H17NO. The van der Waals surface area contributed by atoms with Crippen LogP contribution in [0, 0.1) is 5.92 Å². The summed E-state index contributed by atoms with van der Waals surface area (Å²) in [6.07, 6.45) is 4.89. The van der Waals surface area contributed by atoms with Gasteiger partial charge in [-0.1, -0.05) is 13.3 Å². The van der Waals surface area contributed by atoms with Crippen LogP contribution in [-0.4, -0.2) is 11.8 Å². The maximum absolute atomic E-state index is 11.4. The van der Waals surface area contributed by atoms with Crippen LogP contribution < -0.4 is 5.73 Å². The molecule has 0 aliphatic heterocycles. The largest absolute Gasteiger partial charge is 0.327 e. The molecule has 1 rings (SSSR count). The van der Waals surface area contributed by atoms with Gasteiger partial charge < -0.3 is 5.73 Å². The van der Waals surface area contributed by atoms with E-state index in [2.05, 4.69) is 0 Å². The van der Waals surface area contributed by atoms with Crippen LogP contribution in [0.1, 0.15) is 39.0 Å². The van der Waals surface area contributed by atoms with Crippen molar-refractivity contribution in [2.45, 2.75) is 45.1 Å². The van der Waals surface area contributed by atoms with E-state index in [1.54, 1.807) is 0 Å². The van der Waals surface area contributed by atoms with E-state index in [1.807, 2.05) is 6.92 Å². The van der Waals surface area contributed by atoms with Gasteiger partial charge in [-0.3, -0.25) is 4.79 Å². The highest BCUT2D eigenvalue weighted by atomic mass is 16.1. The first-order valence-electron chi connectivity index (χ1n) is 4.54. The molecule has 2 N–H and O–H groups in total. The first-order chi connectivity index (χ1) is 5.25. The molecule has 0 aromatic carbocycles. The normalized spacial score (nSPS) is 30.7. The van der Waals surface area contributed by atoms with E-state index in [1.165, 1.54) is 0 Å². The van der Waals surface area contributed by atoms with E-state index in [-0.39, 0.29) is 12.0 Å². The maximum atomic E-state index is 11.4. The molecule has 1 fully saturated rings. The van der Waals surface area contributed by atoms with Crippen LogP contribution in [0.3, 0.4) is 0 Å². The summed E-state index contributed by atoms with van der Waals surface area (Å²) in [5.41, 5.74) is 5.79. The molecule has 0 aromatic rings. The SMILES string of the molecule is CCCC(=O)C1CCCC1N. The zero-order valence-corrected chi connectivity index (χ0v) is 7.18. The van der Waals surface area contributed by atoms with Crippen LogP contribution in [0.2, 0.25) is 0 Å². The minimum atomic E-state index is 0.161. The second-order valence-electron chi connectivity index (χ2n) is 3.42. The van der Waals surface area contributed by atoms with Gasteiger partial charge in [0, 0.05) is 18.4 Å². The smallest absolute Gasteiger partial charge is 0.137 e. The van der Waals surface area contributed by atoms with Crippen LogP contribution in [0.4, 0.5) is 0 Å². The molecule has 2 atom stereocenters. The third kappa shape index (κ3) is 2.03. The fourth-order valence-corrected chi connectivity index (χ4v) is 1.82. The Kier molecular flexibility index (Phi) is 3.06. The van der Waals surface area contributed by atoms with Gasteiger partial charge in [0.25, 0.3) is 0 Å². The zero-order valence-electron chi connectivity index (χ0n) is 7.18. The van der Waals surface area contributed by atoms with Gasteiger partial charge in [0.15, 0.2) is 0 Å². The van der Waals surface area contributed by atoms with Crippen LogP contribution >= 0.6 is 0 Å². The molecule has 0 amide bonds. The van der Waals surface area contributed by atoms with Gasteiger partial charge in [0.2, 0.25) is 0 Å². The van der Waals surface area contributed by atoms with Gasteiger partial charge in [0.1, 0.15) is 5.78 Å². The highest BCUT2D eigenvalue weighted by Gasteiger charge is 2.28. The summed E-state index contributed by atoms with van der Waals surface area (Å²) in [6, 6.07) is 0.161. The molecule has 0 bridgehead atoms. The Morgan fingerprint density at radius 3 is 2.73 bits per heavy atom. The molecule has 2 unspecified atom stereocenters. The molecule has 0 aromatic heterocycles. The van der Waals surface area contributed by atoms with E-state index in [0.29, 0.717) is 5.78 Å². The molecule has 1 saturated carbocycles. The Bertz CT molecular complexity index is 144. The molecular weight excluding hydrogens is 138 g/mol. The Balaban J connectivity index is 2.39. The third-order valence-corrected chi connectivity index (χ3v) is 2.48. The molecule has 0 heterocycles. The zero-order chi connectivity index (χ0) is 8.27. The number of rotatable bonds is 3. The van der Waals surface area contributed by atoms with Crippen molar-refractivity contribution in [2.24, 2.45) is 11.7 Å². The van der Waals surface area contributed by atoms with Crippen molar-refractivity contribution in [1.82, 2.24) is 0 Å². The summed E-state index contributed by atoms with van der Waals surface area (Å²) < 4.78 is 0.